The number of nitrogens with two attached hydrogens (primary N) is 1. The number of hydrogen-bond acceptors (Lipinski definition) is 1. The maximum absolute atomic E-state index is 12.7. The van der Waals surface area contributed by atoms with Crippen molar-refractivity contribution in [3.05, 3.63) is 28.5 Å². The van der Waals surface area contributed by atoms with E-state index in [9.17, 15) is 17.6 Å². The Morgan fingerprint density at radius 3 is 2.00 bits per heavy atom. The zero-order valence-electron chi connectivity index (χ0n) is 8.12. The number of benzene rings is 1. The summed E-state index contributed by atoms with van der Waals surface area (Å²) in [4.78, 5) is 0. The van der Waals surface area contributed by atoms with Gasteiger partial charge in [-0.05, 0) is 12.1 Å². The molecule has 1 nitrogen and oxygen atoms in total. The summed E-state index contributed by atoms with van der Waals surface area (Å²) in [7, 11) is 0. The molecule has 0 heterocycles. The van der Waals surface area contributed by atoms with Crippen molar-refractivity contribution in [3.8, 4) is 0 Å². The molecule has 2 N–H and O–H groups in total. The van der Waals surface area contributed by atoms with Crippen LogP contribution in [0, 0.1) is 5.82 Å². The largest absolute Gasteiger partial charge is 0.416 e. The Kier molecular flexibility index (Phi) is 4.87. The molecule has 0 atom stereocenters. The number of anilines is 1. The minimum Gasteiger partial charge on any atom is -0.395 e. The average molecular weight is 244 g/mol. The number of nitrogen functional groups attached to an aromatic ring is 1. The molecule has 0 saturated carbocycles. The van der Waals surface area contributed by atoms with Crippen molar-refractivity contribution in [1.29, 1.82) is 0 Å². The molecule has 0 unspecified atom stereocenters. The van der Waals surface area contributed by atoms with E-state index >= 15 is 0 Å². The Hall–Kier alpha value is -0.970. The first kappa shape index (κ1) is 14.0. The Morgan fingerprint density at radius 2 is 1.67 bits per heavy atom. The second-order valence-electron chi connectivity index (χ2n) is 2.35. The fraction of sp³-hybridized carbons (Fsp3) is 0.333. The molecule has 6 heteroatoms. The second kappa shape index (κ2) is 5.21. The van der Waals surface area contributed by atoms with Gasteiger partial charge < -0.3 is 5.73 Å². The number of alkyl halides is 3. The molecule has 1 rings (SSSR count). The molecule has 0 amide bonds. The van der Waals surface area contributed by atoms with Crippen molar-refractivity contribution < 1.29 is 17.6 Å². The molecule has 1 aromatic carbocycles. The lowest BCUT2D eigenvalue weighted by molar-refractivity contribution is -0.137. The Bertz CT molecular complexity index is 312. The van der Waals surface area contributed by atoms with Crippen LogP contribution in [0.2, 0.25) is 5.02 Å². The Balaban J connectivity index is 0.000000921. The predicted octanol–water partition coefficient (Wildman–Crippen LogP) is 4.11. The highest BCUT2D eigenvalue weighted by atomic mass is 35.5. The Morgan fingerprint density at radius 1 is 1.20 bits per heavy atom. The quantitative estimate of drug-likeness (QED) is 0.539. The van der Waals surface area contributed by atoms with Crippen molar-refractivity contribution in [2.75, 3.05) is 5.73 Å². The molecule has 0 radical (unpaired) electrons. The van der Waals surface area contributed by atoms with Crippen LogP contribution in [0.1, 0.15) is 19.4 Å². The summed E-state index contributed by atoms with van der Waals surface area (Å²) in [5, 5.41) is -0.438. The molecule has 1 aromatic rings. The van der Waals surface area contributed by atoms with E-state index in [1.807, 2.05) is 13.8 Å². The standard InChI is InChI=1S/C7H4ClF4N.C2H6/c8-4-1-3(7(10,11)12)2-5(9)6(4)13;1-2/h1-2H,13H2;1-2H3. The zero-order chi connectivity index (χ0) is 12.2. The summed E-state index contributed by atoms with van der Waals surface area (Å²) in [6, 6.07) is 0.890. The third-order valence-corrected chi connectivity index (χ3v) is 1.72. The minimum atomic E-state index is -4.61. The molecule has 0 aliphatic rings. The summed E-state index contributed by atoms with van der Waals surface area (Å²) in [6.45, 7) is 4.00. The molecule has 0 saturated heterocycles. The van der Waals surface area contributed by atoms with E-state index in [-0.39, 0.29) is 0 Å². The monoisotopic (exact) mass is 243 g/mol. The number of rotatable bonds is 0. The Labute approximate surface area is 89.8 Å². The third kappa shape index (κ3) is 3.58. The summed E-state index contributed by atoms with van der Waals surface area (Å²) in [5.74, 6) is -1.17. The van der Waals surface area contributed by atoms with Crippen molar-refractivity contribution in [2.45, 2.75) is 20.0 Å². The molecule has 0 aliphatic heterocycles. The van der Waals surface area contributed by atoms with Crippen LogP contribution < -0.4 is 5.73 Å². The lowest BCUT2D eigenvalue weighted by Gasteiger charge is -2.08. The molecule has 0 aliphatic carbocycles. The molecule has 0 aromatic heterocycles. The van der Waals surface area contributed by atoms with Gasteiger partial charge >= 0.3 is 6.18 Å². The molecule has 0 spiro atoms. The van der Waals surface area contributed by atoms with Gasteiger partial charge in [0, 0.05) is 0 Å². The highest BCUT2D eigenvalue weighted by Gasteiger charge is 2.31. The summed E-state index contributed by atoms with van der Waals surface area (Å²) in [5.41, 5.74) is 3.39. The van der Waals surface area contributed by atoms with Crippen molar-refractivity contribution in [1.82, 2.24) is 0 Å². The van der Waals surface area contributed by atoms with Crippen molar-refractivity contribution >= 4 is 17.3 Å². The maximum atomic E-state index is 12.7. The fourth-order valence-corrected chi connectivity index (χ4v) is 0.956. The first-order valence-electron chi connectivity index (χ1n) is 4.14. The molecular weight excluding hydrogens is 234 g/mol. The minimum absolute atomic E-state index is 0.307. The van der Waals surface area contributed by atoms with Crippen LogP contribution in [0.25, 0.3) is 0 Å². The van der Waals surface area contributed by atoms with Crippen molar-refractivity contribution in [2.24, 2.45) is 0 Å². The van der Waals surface area contributed by atoms with E-state index in [1.165, 1.54) is 0 Å². The van der Waals surface area contributed by atoms with Crippen LogP contribution in [-0.2, 0) is 6.18 Å². The molecule has 0 fully saturated rings. The first-order valence-corrected chi connectivity index (χ1v) is 4.52. The van der Waals surface area contributed by atoms with Crippen LogP contribution in [0.3, 0.4) is 0 Å². The summed E-state index contributed by atoms with van der Waals surface area (Å²) < 4.78 is 48.7. The van der Waals surface area contributed by atoms with Gasteiger partial charge in [-0.1, -0.05) is 25.4 Å². The first-order chi connectivity index (χ1) is 6.82. The SMILES string of the molecule is CC.Nc1c(F)cc(C(F)(F)F)cc1Cl. The molecule has 86 valence electrons. The van der Waals surface area contributed by atoms with Crippen LogP contribution in [0.4, 0.5) is 23.2 Å². The number of halogens is 5. The van der Waals surface area contributed by atoms with E-state index < -0.39 is 28.3 Å². The van der Waals surface area contributed by atoms with Gasteiger partial charge in [-0.25, -0.2) is 4.39 Å². The van der Waals surface area contributed by atoms with Gasteiger partial charge in [0.1, 0.15) is 5.82 Å². The van der Waals surface area contributed by atoms with E-state index in [0.717, 1.165) is 0 Å². The molecule has 15 heavy (non-hydrogen) atoms. The summed E-state index contributed by atoms with van der Waals surface area (Å²) >= 11 is 5.26. The lowest BCUT2D eigenvalue weighted by atomic mass is 10.2. The van der Waals surface area contributed by atoms with Gasteiger partial charge in [-0.3, -0.25) is 0 Å². The smallest absolute Gasteiger partial charge is 0.395 e. The van der Waals surface area contributed by atoms with Gasteiger partial charge in [0.15, 0.2) is 0 Å². The van der Waals surface area contributed by atoms with Gasteiger partial charge in [0.2, 0.25) is 0 Å². The lowest BCUT2D eigenvalue weighted by Crippen LogP contribution is -2.06. The van der Waals surface area contributed by atoms with Crippen LogP contribution in [-0.4, -0.2) is 0 Å². The predicted molar refractivity (Wildman–Crippen MR) is 52.2 cm³/mol. The maximum Gasteiger partial charge on any atom is 0.416 e. The van der Waals surface area contributed by atoms with E-state index in [0.29, 0.717) is 12.1 Å². The highest BCUT2D eigenvalue weighted by Crippen LogP contribution is 2.34. The van der Waals surface area contributed by atoms with Gasteiger partial charge in [0.05, 0.1) is 16.3 Å². The number of hydrogen-bond donors (Lipinski definition) is 1. The van der Waals surface area contributed by atoms with Gasteiger partial charge in [0.25, 0.3) is 0 Å². The van der Waals surface area contributed by atoms with E-state index in [4.69, 9.17) is 17.3 Å². The van der Waals surface area contributed by atoms with Crippen LogP contribution >= 0.6 is 11.6 Å². The zero-order valence-corrected chi connectivity index (χ0v) is 8.88. The molecule has 0 bridgehead atoms. The van der Waals surface area contributed by atoms with Gasteiger partial charge in [-0.15, -0.1) is 0 Å². The third-order valence-electron chi connectivity index (χ3n) is 1.41. The van der Waals surface area contributed by atoms with E-state index in [1.54, 1.807) is 0 Å². The van der Waals surface area contributed by atoms with Gasteiger partial charge in [-0.2, -0.15) is 13.2 Å². The highest BCUT2D eigenvalue weighted by molar-refractivity contribution is 6.33. The van der Waals surface area contributed by atoms with Crippen molar-refractivity contribution in [3.63, 3.8) is 0 Å². The van der Waals surface area contributed by atoms with Crippen LogP contribution in [0.15, 0.2) is 12.1 Å². The van der Waals surface area contributed by atoms with E-state index in [2.05, 4.69) is 0 Å². The fourth-order valence-electron chi connectivity index (χ4n) is 0.748. The van der Waals surface area contributed by atoms with Crippen LogP contribution in [0.5, 0.6) is 0 Å². The topological polar surface area (TPSA) is 26.0 Å². The summed E-state index contributed by atoms with van der Waals surface area (Å²) in [6.07, 6.45) is -4.61. The normalized spacial score (nSPS) is 10.6. The molecular formula is C9H10ClF4N. The average Bonchev–Trinajstić information content (AvgIpc) is 2.15. The second-order valence-corrected chi connectivity index (χ2v) is 2.76.